The minimum atomic E-state index is 0.422. The Labute approximate surface area is 106 Å². The first-order valence-electron chi connectivity index (χ1n) is 5.63. The topological polar surface area (TPSA) is 41.1 Å². The lowest BCUT2D eigenvalue weighted by atomic mass is 10.3. The molecular weight excluding hydrogens is 268 g/mol. The van der Waals surface area contributed by atoms with Gasteiger partial charge in [-0.1, -0.05) is 0 Å². The highest BCUT2D eigenvalue weighted by atomic mass is 79.9. The molecule has 0 aliphatic heterocycles. The zero-order chi connectivity index (χ0) is 12.1. The van der Waals surface area contributed by atoms with Crippen molar-refractivity contribution in [1.29, 1.82) is 0 Å². The van der Waals surface area contributed by atoms with Crippen molar-refractivity contribution in [3.8, 4) is 0 Å². The predicted molar refractivity (Wildman–Crippen MR) is 72.1 cm³/mol. The van der Waals surface area contributed by atoms with Crippen LogP contribution >= 0.6 is 15.9 Å². The van der Waals surface area contributed by atoms with Crippen molar-refractivity contribution in [3.63, 3.8) is 0 Å². The molecule has 1 aromatic heterocycles. The molecular formula is C11H19BrN4. The van der Waals surface area contributed by atoms with Crippen LogP contribution in [0.3, 0.4) is 0 Å². The van der Waals surface area contributed by atoms with Crippen molar-refractivity contribution in [2.75, 3.05) is 23.3 Å². The van der Waals surface area contributed by atoms with E-state index >= 15 is 0 Å². The number of nitrogens with one attached hydrogen (secondary N) is 1. The summed E-state index contributed by atoms with van der Waals surface area (Å²) in [6.45, 7) is 10.2. The van der Waals surface area contributed by atoms with E-state index in [2.05, 4.69) is 56.9 Å². The fourth-order valence-electron chi connectivity index (χ4n) is 1.56. The third kappa shape index (κ3) is 3.07. The van der Waals surface area contributed by atoms with Gasteiger partial charge in [0.05, 0.1) is 4.47 Å². The molecule has 16 heavy (non-hydrogen) atoms. The molecule has 0 radical (unpaired) electrons. The van der Waals surface area contributed by atoms with Gasteiger partial charge in [0, 0.05) is 25.3 Å². The van der Waals surface area contributed by atoms with Gasteiger partial charge in [-0.15, -0.1) is 0 Å². The van der Waals surface area contributed by atoms with Crippen molar-refractivity contribution in [1.82, 2.24) is 9.97 Å². The van der Waals surface area contributed by atoms with Gasteiger partial charge in [0.25, 0.3) is 0 Å². The van der Waals surface area contributed by atoms with E-state index in [9.17, 15) is 0 Å². The summed E-state index contributed by atoms with van der Waals surface area (Å²) in [5.74, 6) is 1.63. The quantitative estimate of drug-likeness (QED) is 0.904. The molecule has 4 nitrogen and oxygen atoms in total. The van der Waals surface area contributed by atoms with Gasteiger partial charge >= 0.3 is 0 Å². The Morgan fingerprint density at radius 2 is 2.12 bits per heavy atom. The minimum absolute atomic E-state index is 0.422. The van der Waals surface area contributed by atoms with Crippen LogP contribution in [0.25, 0.3) is 0 Å². The average Bonchev–Trinajstić information content (AvgIpc) is 2.23. The zero-order valence-electron chi connectivity index (χ0n) is 10.3. The van der Waals surface area contributed by atoms with E-state index in [1.54, 1.807) is 6.20 Å². The highest BCUT2D eigenvalue weighted by Crippen LogP contribution is 2.25. The molecule has 0 aliphatic rings. The highest BCUT2D eigenvalue weighted by Gasteiger charge is 2.14. The third-order valence-corrected chi connectivity index (χ3v) is 2.86. The van der Waals surface area contributed by atoms with Gasteiger partial charge in [-0.25, -0.2) is 4.98 Å². The predicted octanol–water partition coefficient (Wildman–Crippen LogP) is 2.91. The van der Waals surface area contributed by atoms with Gasteiger partial charge in [-0.2, -0.15) is 4.98 Å². The molecule has 0 spiro atoms. The van der Waals surface area contributed by atoms with E-state index in [1.165, 1.54) is 0 Å². The largest absolute Gasteiger partial charge is 0.354 e. The molecule has 5 heteroatoms. The summed E-state index contributed by atoms with van der Waals surface area (Å²) >= 11 is 3.50. The SMILES string of the molecule is CCNc1ncc(Br)c(N(CC)C(C)C)n1. The number of rotatable bonds is 5. The van der Waals surface area contributed by atoms with Crippen LogP contribution in [0.4, 0.5) is 11.8 Å². The van der Waals surface area contributed by atoms with Crippen LogP contribution in [0.1, 0.15) is 27.7 Å². The lowest BCUT2D eigenvalue weighted by molar-refractivity contribution is 0.690. The van der Waals surface area contributed by atoms with Gasteiger partial charge in [0.2, 0.25) is 5.95 Å². The maximum absolute atomic E-state index is 4.51. The first-order valence-corrected chi connectivity index (χ1v) is 6.42. The Kier molecular flexibility index (Phi) is 4.99. The molecule has 0 atom stereocenters. The van der Waals surface area contributed by atoms with Gasteiger partial charge in [-0.05, 0) is 43.6 Å². The van der Waals surface area contributed by atoms with E-state index in [1.807, 2.05) is 6.92 Å². The first-order chi connectivity index (χ1) is 7.60. The molecule has 0 saturated heterocycles. The number of hydrogen-bond acceptors (Lipinski definition) is 4. The van der Waals surface area contributed by atoms with Crippen LogP contribution in [0.15, 0.2) is 10.7 Å². The second kappa shape index (κ2) is 6.03. The smallest absolute Gasteiger partial charge is 0.224 e. The van der Waals surface area contributed by atoms with Crippen LogP contribution in [0, 0.1) is 0 Å². The van der Waals surface area contributed by atoms with E-state index in [0.717, 1.165) is 23.4 Å². The van der Waals surface area contributed by atoms with Crippen molar-refractivity contribution in [2.24, 2.45) is 0 Å². The lowest BCUT2D eigenvalue weighted by Crippen LogP contribution is -2.31. The number of halogens is 1. The van der Waals surface area contributed by atoms with E-state index in [-0.39, 0.29) is 0 Å². The number of nitrogens with zero attached hydrogens (tertiary/aromatic N) is 3. The summed E-state index contributed by atoms with van der Waals surface area (Å²) in [6.07, 6.45) is 1.80. The summed E-state index contributed by atoms with van der Waals surface area (Å²) in [7, 11) is 0. The summed E-state index contributed by atoms with van der Waals surface area (Å²) in [4.78, 5) is 10.9. The van der Waals surface area contributed by atoms with Crippen LogP contribution < -0.4 is 10.2 Å². The van der Waals surface area contributed by atoms with Gasteiger partial charge in [0.1, 0.15) is 5.82 Å². The van der Waals surface area contributed by atoms with Crippen LogP contribution in [-0.4, -0.2) is 29.1 Å². The summed E-state index contributed by atoms with van der Waals surface area (Å²) in [5.41, 5.74) is 0. The monoisotopic (exact) mass is 286 g/mol. The van der Waals surface area contributed by atoms with Crippen LogP contribution in [0.2, 0.25) is 0 Å². The Hall–Kier alpha value is -0.840. The molecule has 0 bridgehead atoms. The highest BCUT2D eigenvalue weighted by molar-refractivity contribution is 9.10. The summed E-state index contributed by atoms with van der Waals surface area (Å²) < 4.78 is 0.935. The maximum atomic E-state index is 4.51. The Morgan fingerprint density at radius 1 is 1.44 bits per heavy atom. The maximum Gasteiger partial charge on any atom is 0.224 e. The molecule has 0 aliphatic carbocycles. The lowest BCUT2D eigenvalue weighted by Gasteiger charge is -2.27. The zero-order valence-corrected chi connectivity index (χ0v) is 11.9. The van der Waals surface area contributed by atoms with E-state index in [4.69, 9.17) is 0 Å². The molecule has 0 aromatic carbocycles. The molecule has 1 rings (SSSR count). The fraction of sp³-hybridized carbons (Fsp3) is 0.636. The molecule has 0 amide bonds. The summed E-state index contributed by atoms with van der Waals surface area (Å²) in [6, 6.07) is 0.422. The van der Waals surface area contributed by atoms with E-state index < -0.39 is 0 Å². The van der Waals surface area contributed by atoms with Crippen molar-refractivity contribution >= 4 is 27.7 Å². The Morgan fingerprint density at radius 3 is 2.62 bits per heavy atom. The standard InChI is InChI=1S/C11H19BrN4/c1-5-13-11-14-7-9(12)10(15-11)16(6-2)8(3)4/h7-8H,5-6H2,1-4H3,(H,13,14,15). The fourth-order valence-corrected chi connectivity index (χ4v) is 1.98. The summed E-state index contributed by atoms with van der Waals surface area (Å²) in [5, 5.41) is 3.12. The number of anilines is 2. The third-order valence-electron chi connectivity index (χ3n) is 2.30. The van der Waals surface area contributed by atoms with Crippen molar-refractivity contribution < 1.29 is 0 Å². The molecule has 0 saturated carbocycles. The molecule has 1 N–H and O–H groups in total. The van der Waals surface area contributed by atoms with Gasteiger partial charge < -0.3 is 10.2 Å². The van der Waals surface area contributed by atoms with Crippen LogP contribution in [0.5, 0.6) is 0 Å². The van der Waals surface area contributed by atoms with Gasteiger partial charge in [-0.3, -0.25) is 0 Å². The second-order valence-corrected chi connectivity index (χ2v) is 4.63. The van der Waals surface area contributed by atoms with Crippen LogP contribution in [-0.2, 0) is 0 Å². The van der Waals surface area contributed by atoms with Gasteiger partial charge in [0.15, 0.2) is 0 Å². The van der Waals surface area contributed by atoms with Crippen molar-refractivity contribution in [3.05, 3.63) is 10.7 Å². The molecule has 0 unspecified atom stereocenters. The normalized spacial score (nSPS) is 10.6. The molecule has 1 aromatic rings. The first kappa shape index (κ1) is 13.2. The number of hydrogen-bond donors (Lipinski definition) is 1. The Bertz CT molecular complexity index is 341. The molecule has 0 fully saturated rings. The van der Waals surface area contributed by atoms with Crippen molar-refractivity contribution in [2.45, 2.75) is 33.7 Å². The minimum Gasteiger partial charge on any atom is -0.354 e. The molecule has 1 heterocycles. The molecule has 90 valence electrons. The average molecular weight is 287 g/mol. The number of aromatic nitrogens is 2. The second-order valence-electron chi connectivity index (χ2n) is 3.78. The Balaban J connectivity index is 3.04. The van der Waals surface area contributed by atoms with E-state index in [0.29, 0.717) is 12.0 Å².